The molecule has 0 aromatic heterocycles. The Hall–Kier alpha value is -2.11. The summed E-state index contributed by atoms with van der Waals surface area (Å²) in [7, 11) is 0. The summed E-state index contributed by atoms with van der Waals surface area (Å²) in [4.78, 5) is 24.0. The second-order valence-corrected chi connectivity index (χ2v) is 5.12. The molecule has 1 aliphatic heterocycles. The molecule has 1 aromatic carbocycles. The Morgan fingerprint density at radius 2 is 2.30 bits per heavy atom. The minimum atomic E-state index is -0.927. The Labute approximate surface area is 117 Å². The van der Waals surface area contributed by atoms with Gasteiger partial charge in [-0.2, -0.15) is 0 Å². The van der Waals surface area contributed by atoms with Crippen LogP contribution in [0, 0.1) is 10.1 Å². The number of hydrogen-bond acceptors (Lipinski definition) is 4. The highest BCUT2D eigenvalue weighted by molar-refractivity contribution is 5.84. The zero-order chi connectivity index (χ0) is 14.8. The first kappa shape index (κ1) is 14.3. The second kappa shape index (κ2) is 5.48. The maximum Gasteiger partial charge on any atom is 0.329 e. The van der Waals surface area contributed by atoms with Crippen LogP contribution in [0.5, 0.6) is 0 Å². The molecule has 1 saturated heterocycles. The minimum absolute atomic E-state index is 0.00909. The maximum atomic E-state index is 11.7. The van der Waals surface area contributed by atoms with Crippen molar-refractivity contribution >= 4 is 17.3 Å². The normalized spacial score (nSPS) is 21.9. The number of aliphatic carboxylic acids is 1. The molecule has 1 heterocycles. The first-order chi connectivity index (χ1) is 9.51. The molecule has 6 heteroatoms. The first-order valence-corrected chi connectivity index (χ1v) is 6.77. The number of carbonyl (C=O) groups is 1. The Bertz CT molecular complexity index is 532. The number of carboxylic acids is 1. The van der Waals surface area contributed by atoms with Gasteiger partial charge in [0.15, 0.2) is 0 Å². The van der Waals surface area contributed by atoms with Crippen LogP contribution in [0.1, 0.15) is 32.6 Å². The van der Waals surface area contributed by atoms with E-state index in [1.165, 1.54) is 12.1 Å². The van der Waals surface area contributed by atoms with E-state index in [4.69, 9.17) is 0 Å². The molecule has 0 aliphatic carbocycles. The molecule has 1 atom stereocenters. The van der Waals surface area contributed by atoms with Crippen molar-refractivity contribution in [1.29, 1.82) is 0 Å². The van der Waals surface area contributed by atoms with Crippen LogP contribution in [0.3, 0.4) is 0 Å². The first-order valence-electron chi connectivity index (χ1n) is 6.77. The van der Waals surface area contributed by atoms with E-state index in [1.54, 1.807) is 12.1 Å². The predicted octanol–water partition coefficient (Wildman–Crippen LogP) is 2.82. The largest absolute Gasteiger partial charge is 0.479 e. The van der Waals surface area contributed by atoms with Crippen molar-refractivity contribution in [2.45, 2.75) is 38.1 Å². The van der Waals surface area contributed by atoms with Gasteiger partial charge in [-0.3, -0.25) is 10.1 Å². The molecule has 1 fully saturated rings. The third kappa shape index (κ3) is 2.33. The lowest BCUT2D eigenvalue weighted by atomic mass is 9.90. The van der Waals surface area contributed by atoms with E-state index in [2.05, 4.69) is 0 Å². The number of hydrogen-bond donors (Lipinski definition) is 1. The molecular formula is C14H18N2O4. The Morgan fingerprint density at radius 3 is 2.90 bits per heavy atom. The number of nitro benzene ring substituents is 1. The monoisotopic (exact) mass is 278 g/mol. The van der Waals surface area contributed by atoms with E-state index in [-0.39, 0.29) is 5.69 Å². The second-order valence-electron chi connectivity index (χ2n) is 5.12. The average Bonchev–Trinajstić information content (AvgIpc) is 2.84. The van der Waals surface area contributed by atoms with E-state index >= 15 is 0 Å². The summed E-state index contributed by atoms with van der Waals surface area (Å²) in [6.45, 7) is 2.57. The number of anilines is 1. The van der Waals surface area contributed by atoms with E-state index in [9.17, 15) is 20.0 Å². The molecule has 1 aliphatic rings. The van der Waals surface area contributed by atoms with E-state index in [1.807, 2.05) is 11.8 Å². The predicted molar refractivity (Wildman–Crippen MR) is 75.0 cm³/mol. The van der Waals surface area contributed by atoms with Crippen molar-refractivity contribution in [3.8, 4) is 0 Å². The van der Waals surface area contributed by atoms with Crippen molar-refractivity contribution in [1.82, 2.24) is 0 Å². The fraction of sp³-hybridized carbons (Fsp3) is 0.500. The van der Waals surface area contributed by atoms with Crippen LogP contribution in [0.2, 0.25) is 0 Å². The van der Waals surface area contributed by atoms with Gasteiger partial charge in [-0.25, -0.2) is 4.79 Å². The summed E-state index contributed by atoms with van der Waals surface area (Å²) >= 11 is 0. The highest BCUT2D eigenvalue weighted by Gasteiger charge is 2.47. The van der Waals surface area contributed by atoms with Crippen LogP contribution < -0.4 is 4.90 Å². The molecular weight excluding hydrogens is 260 g/mol. The van der Waals surface area contributed by atoms with Crippen LogP contribution >= 0.6 is 0 Å². The Balaban J connectivity index is 2.41. The van der Waals surface area contributed by atoms with E-state index in [0.717, 1.165) is 12.8 Å². The van der Waals surface area contributed by atoms with Crippen molar-refractivity contribution in [3.63, 3.8) is 0 Å². The number of nitro groups is 1. The number of non-ortho nitro benzene ring substituents is 1. The molecule has 0 amide bonds. The minimum Gasteiger partial charge on any atom is -0.479 e. The van der Waals surface area contributed by atoms with Crippen molar-refractivity contribution in [3.05, 3.63) is 34.4 Å². The topological polar surface area (TPSA) is 83.7 Å². The van der Waals surface area contributed by atoms with E-state index < -0.39 is 16.4 Å². The van der Waals surface area contributed by atoms with Crippen LogP contribution in [-0.4, -0.2) is 28.1 Å². The molecule has 0 saturated carbocycles. The number of nitrogens with zero attached hydrogens (tertiary/aromatic N) is 2. The molecule has 1 unspecified atom stereocenters. The molecule has 0 bridgehead atoms. The van der Waals surface area contributed by atoms with Crippen molar-refractivity contribution in [2.75, 3.05) is 11.4 Å². The molecule has 20 heavy (non-hydrogen) atoms. The quantitative estimate of drug-likeness (QED) is 0.661. The molecule has 6 nitrogen and oxygen atoms in total. The summed E-state index contributed by atoms with van der Waals surface area (Å²) < 4.78 is 0. The van der Waals surface area contributed by atoms with Crippen LogP contribution in [0.15, 0.2) is 24.3 Å². The summed E-state index contributed by atoms with van der Waals surface area (Å²) in [5, 5.41) is 20.5. The van der Waals surface area contributed by atoms with Crippen LogP contribution in [0.4, 0.5) is 11.4 Å². The van der Waals surface area contributed by atoms with Crippen molar-refractivity contribution < 1.29 is 14.8 Å². The Morgan fingerprint density at radius 1 is 1.55 bits per heavy atom. The summed E-state index contributed by atoms with van der Waals surface area (Å²) in [5.74, 6) is -0.844. The smallest absolute Gasteiger partial charge is 0.329 e. The standard InChI is InChI=1S/C14H18N2O4/c1-2-7-14(13(17)18)8-4-9-15(14)11-5-3-6-12(10-11)16(19)20/h3,5-6,10H,2,4,7-9H2,1H3,(H,17,18). The zero-order valence-electron chi connectivity index (χ0n) is 11.4. The third-order valence-electron chi connectivity index (χ3n) is 3.90. The summed E-state index contributed by atoms with van der Waals surface area (Å²) in [5.41, 5.74) is -0.318. The van der Waals surface area contributed by atoms with Crippen molar-refractivity contribution in [2.24, 2.45) is 0 Å². The average molecular weight is 278 g/mol. The molecule has 1 N–H and O–H groups in total. The van der Waals surface area contributed by atoms with Gasteiger partial charge in [-0.15, -0.1) is 0 Å². The van der Waals surface area contributed by atoms with Gasteiger partial charge in [0.05, 0.1) is 4.92 Å². The van der Waals surface area contributed by atoms with Gasteiger partial charge in [0, 0.05) is 24.4 Å². The summed E-state index contributed by atoms with van der Waals surface area (Å²) in [6, 6.07) is 6.22. The van der Waals surface area contributed by atoms with Gasteiger partial charge >= 0.3 is 5.97 Å². The number of rotatable bonds is 5. The lowest BCUT2D eigenvalue weighted by Crippen LogP contribution is -2.50. The maximum absolute atomic E-state index is 11.7. The van der Waals surface area contributed by atoms with Gasteiger partial charge in [0.2, 0.25) is 0 Å². The van der Waals surface area contributed by atoms with Gasteiger partial charge in [0.25, 0.3) is 5.69 Å². The fourth-order valence-corrected chi connectivity index (χ4v) is 3.03. The van der Waals surface area contributed by atoms with Gasteiger partial charge in [-0.1, -0.05) is 19.4 Å². The number of benzene rings is 1. The molecule has 1 aromatic rings. The highest BCUT2D eigenvalue weighted by atomic mass is 16.6. The SMILES string of the molecule is CCCC1(C(=O)O)CCCN1c1cccc([N+](=O)[O-])c1. The zero-order valence-corrected chi connectivity index (χ0v) is 11.4. The lowest BCUT2D eigenvalue weighted by molar-refractivity contribution is -0.384. The molecule has 108 valence electrons. The molecule has 2 rings (SSSR count). The Kier molecular flexibility index (Phi) is 3.92. The van der Waals surface area contributed by atoms with E-state index in [0.29, 0.717) is 25.1 Å². The summed E-state index contributed by atoms with van der Waals surface area (Å²) in [6.07, 6.45) is 2.68. The van der Waals surface area contributed by atoms with Crippen LogP contribution in [-0.2, 0) is 4.79 Å². The fourth-order valence-electron chi connectivity index (χ4n) is 3.03. The van der Waals surface area contributed by atoms with Gasteiger partial charge in [-0.05, 0) is 25.3 Å². The molecule has 0 spiro atoms. The lowest BCUT2D eigenvalue weighted by Gasteiger charge is -2.36. The van der Waals surface area contributed by atoms with Gasteiger partial charge in [0.1, 0.15) is 5.54 Å². The third-order valence-corrected chi connectivity index (χ3v) is 3.90. The number of carboxylic acid groups (broad SMARTS) is 1. The van der Waals surface area contributed by atoms with Gasteiger partial charge < -0.3 is 10.0 Å². The molecule has 0 radical (unpaired) electrons. The highest BCUT2D eigenvalue weighted by Crippen LogP contribution is 2.38. The van der Waals surface area contributed by atoms with Crippen LogP contribution in [0.25, 0.3) is 0 Å².